The molecule has 1 aliphatic rings. The second-order valence-electron chi connectivity index (χ2n) is 4.24. The van der Waals surface area contributed by atoms with Crippen LogP contribution >= 0.6 is 11.3 Å². The van der Waals surface area contributed by atoms with Gasteiger partial charge in [0, 0.05) is 9.75 Å². The average Bonchev–Trinajstić information content (AvgIpc) is 3.00. The number of carbonyl (C=O) groups is 1. The lowest BCUT2D eigenvalue weighted by molar-refractivity contribution is 0.0941. The lowest BCUT2D eigenvalue weighted by Gasteiger charge is -2.00. The SMILES string of the molecule is Nc1n[nH]c(C(=O)NCc2cc3c(s2)CCC3)n1. The summed E-state index contributed by atoms with van der Waals surface area (Å²) in [5, 5.41) is 8.90. The van der Waals surface area contributed by atoms with Gasteiger partial charge in [-0.2, -0.15) is 4.98 Å². The Labute approximate surface area is 108 Å². The number of carbonyl (C=O) groups excluding carboxylic acids is 1. The first kappa shape index (κ1) is 11.2. The highest BCUT2D eigenvalue weighted by Gasteiger charge is 2.16. The molecule has 2 aromatic heterocycles. The van der Waals surface area contributed by atoms with Crippen molar-refractivity contribution >= 4 is 23.2 Å². The van der Waals surface area contributed by atoms with Gasteiger partial charge in [0.25, 0.3) is 5.91 Å². The molecular formula is C11H13N5OS. The quantitative estimate of drug-likeness (QED) is 0.765. The predicted octanol–water partition coefficient (Wildman–Crippen LogP) is 0.867. The predicted molar refractivity (Wildman–Crippen MR) is 68.3 cm³/mol. The van der Waals surface area contributed by atoms with Crippen molar-refractivity contribution in [2.45, 2.75) is 25.8 Å². The number of thiophene rings is 1. The van der Waals surface area contributed by atoms with Crippen molar-refractivity contribution in [3.8, 4) is 0 Å². The largest absolute Gasteiger partial charge is 0.366 e. The number of hydrogen-bond donors (Lipinski definition) is 3. The molecule has 0 saturated carbocycles. The number of rotatable bonds is 3. The van der Waals surface area contributed by atoms with E-state index in [0.717, 1.165) is 0 Å². The molecule has 0 spiro atoms. The molecule has 3 rings (SSSR count). The number of amides is 1. The minimum absolute atomic E-state index is 0.0789. The molecule has 7 heteroatoms. The zero-order valence-corrected chi connectivity index (χ0v) is 10.5. The number of H-pyrrole nitrogens is 1. The number of nitrogens with zero attached hydrogens (tertiary/aromatic N) is 2. The maximum atomic E-state index is 11.7. The molecule has 0 atom stereocenters. The smallest absolute Gasteiger partial charge is 0.288 e. The van der Waals surface area contributed by atoms with Gasteiger partial charge in [-0.05, 0) is 30.9 Å². The second kappa shape index (κ2) is 4.41. The average molecular weight is 263 g/mol. The van der Waals surface area contributed by atoms with Gasteiger partial charge in [-0.1, -0.05) is 0 Å². The number of fused-ring (bicyclic) bond motifs is 1. The standard InChI is InChI=1S/C11H13N5OS/c12-11-14-9(15-16-11)10(17)13-5-7-4-6-2-1-3-8(6)18-7/h4H,1-3,5H2,(H,13,17)(H3,12,14,15,16). The molecule has 0 aliphatic heterocycles. The minimum Gasteiger partial charge on any atom is -0.366 e. The third-order valence-corrected chi connectivity index (χ3v) is 4.18. The molecular weight excluding hydrogens is 250 g/mol. The van der Waals surface area contributed by atoms with Gasteiger partial charge in [0.2, 0.25) is 11.8 Å². The van der Waals surface area contributed by atoms with Crippen LogP contribution in [0.2, 0.25) is 0 Å². The normalized spacial score (nSPS) is 13.6. The molecule has 2 aromatic rings. The van der Waals surface area contributed by atoms with E-state index in [4.69, 9.17) is 5.73 Å². The third-order valence-electron chi connectivity index (χ3n) is 2.94. The fraction of sp³-hybridized carbons (Fsp3) is 0.364. The van der Waals surface area contributed by atoms with E-state index in [1.807, 2.05) is 0 Å². The highest BCUT2D eigenvalue weighted by molar-refractivity contribution is 7.12. The lowest BCUT2D eigenvalue weighted by Crippen LogP contribution is -2.23. The molecule has 4 N–H and O–H groups in total. The Bertz CT molecular complexity index is 567. The summed E-state index contributed by atoms with van der Waals surface area (Å²) in [4.78, 5) is 18.1. The van der Waals surface area contributed by atoms with Crippen LogP contribution in [0.25, 0.3) is 0 Å². The van der Waals surface area contributed by atoms with Crippen LogP contribution in [0.1, 0.15) is 32.4 Å². The summed E-state index contributed by atoms with van der Waals surface area (Å²) < 4.78 is 0. The molecule has 0 radical (unpaired) electrons. The summed E-state index contributed by atoms with van der Waals surface area (Å²) in [5.41, 5.74) is 6.78. The number of nitrogen functional groups attached to an aromatic ring is 1. The van der Waals surface area contributed by atoms with E-state index in [9.17, 15) is 4.79 Å². The van der Waals surface area contributed by atoms with Crippen LogP contribution in [0, 0.1) is 0 Å². The molecule has 0 aromatic carbocycles. The molecule has 0 fully saturated rings. The van der Waals surface area contributed by atoms with Gasteiger partial charge >= 0.3 is 0 Å². The summed E-state index contributed by atoms with van der Waals surface area (Å²) in [6, 6.07) is 2.18. The Hall–Kier alpha value is -1.89. The van der Waals surface area contributed by atoms with E-state index in [0.29, 0.717) is 6.54 Å². The zero-order chi connectivity index (χ0) is 12.5. The summed E-state index contributed by atoms with van der Waals surface area (Å²) in [6.07, 6.45) is 3.59. The lowest BCUT2D eigenvalue weighted by atomic mass is 10.2. The summed E-state index contributed by atoms with van der Waals surface area (Å²) in [5.74, 6) is -0.0559. The fourth-order valence-electron chi connectivity index (χ4n) is 2.11. The molecule has 0 saturated heterocycles. The second-order valence-corrected chi connectivity index (χ2v) is 5.46. The van der Waals surface area contributed by atoms with Gasteiger partial charge in [-0.15, -0.1) is 16.4 Å². The van der Waals surface area contributed by atoms with Crippen LogP contribution in [0.15, 0.2) is 6.07 Å². The van der Waals surface area contributed by atoms with Crippen molar-refractivity contribution in [3.05, 3.63) is 27.2 Å². The number of aromatic nitrogens is 3. The number of aromatic amines is 1. The highest BCUT2D eigenvalue weighted by Crippen LogP contribution is 2.30. The van der Waals surface area contributed by atoms with Crippen LogP contribution < -0.4 is 11.1 Å². The Morgan fingerprint density at radius 2 is 2.44 bits per heavy atom. The van der Waals surface area contributed by atoms with Gasteiger partial charge in [0.15, 0.2) is 0 Å². The Morgan fingerprint density at radius 3 is 3.17 bits per heavy atom. The Morgan fingerprint density at radius 1 is 1.56 bits per heavy atom. The monoisotopic (exact) mass is 263 g/mol. The number of anilines is 1. The maximum Gasteiger partial charge on any atom is 0.288 e. The van der Waals surface area contributed by atoms with E-state index >= 15 is 0 Å². The topological polar surface area (TPSA) is 96.7 Å². The van der Waals surface area contributed by atoms with Gasteiger partial charge in [-0.3, -0.25) is 9.89 Å². The first-order valence-corrected chi connectivity index (χ1v) is 6.60. The number of aryl methyl sites for hydroxylation is 2. The zero-order valence-electron chi connectivity index (χ0n) is 9.69. The summed E-state index contributed by atoms with van der Waals surface area (Å²) >= 11 is 1.78. The maximum absolute atomic E-state index is 11.7. The molecule has 1 amide bonds. The van der Waals surface area contributed by atoms with E-state index in [-0.39, 0.29) is 17.7 Å². The van der Waals surface area contributed by atoms with Gasteiger partial charge < -0.3 is 11.1 Å². The van der Waals surface area contributed by atoms with Crippen molar-refractivity contribution in [3.63, 3.8) is 0 Å². The van der Waals surface area contributed by atoms with E-state index < -0.39 is 0 Å². The van der Waals surface area contributed by atoms with Gasteiger partial charge in [0.1, 0.15) is 0 Å². The van der Waals surface area contributed by atoms with Gasteiger partial charge in [-0.25, -0.2) is 0 Å². The highest BCUT2D eigenvalue weighted by atomic mass is 32.1. The minimum atomic E-state index is -0.284. The van der Waals surface area contributed by atoms with Crippen molar-refractivity contribution in [2.75, 3.05) is 5.73 Å². The van der Waals surface area contributed by atoms with Crippen molar-refractivity contribution in [2.24, 2.45) is 0 Å². The molecule has 94 valence electrons. The fourth-order valence-corrected chi connectivity index (χ4v) is 3.31. The number of nitrogens with one attached hydrogen (secondary N) is 2. The van der Waals surface area contributed by atoms with Crippen molar-refractivity contribution in [1.29, 1.82) is 0 Å². The molecule has 6 nitrogen and oxygen atoms in total. The molecule has 0 bridgehead atoms. The number of nitrogens with two attached hydrogens (primary N) is 1. The third kappa shape index (κ3) is 2.08. The van der Waals surface area contributed by atoms with Crippen molar-refractivity contribution in [1.82, 2.24) is 20.5 Å². The van der Waals surface area contributed by atoms with Crippen molar-refractivity contribution < 1.29 is 4.79 Å². The van der Waals surface area contributed by atoms with Crippen LogP contribution in [-0.4, -0.2) is 21.1 Å². The van der Waals surface area contributed by atoms with Crippen LogP contribution in [0.4, 0.5) is 5.95 Å². The molecule has 1 aliphatic carbocycles. The first-order valence-electron chi connectivity index (χ1n) is 5.79. The van der Waals surface area contributed by atoms with Gasteiger partial charge in [0.05, 0.1) is 6.54 Å². The Balaban J connectivity index is 1.62. The van der Waals surface area contributed by atoms with E-state index in [1.54, 1.807) is 11.3 Å². The van der Waals surface area contributed by atoms with Crippen LogP contribution in [0.3, 0.4) is 0 Å². The summed E-state index contributed by atoms with van der Waals surface area (Å²) in [6.45, 7) is 0.525. The molecule has 18 heavy (non-hydrogen) atoms. The number of hydrogen-bond acceptors (Lipinski definition) is 5. The van der Waals surface area contributed by atoms with Crippen LogP contribution in [-0.2, 0) is 19.4 Å². The Kier molecular flexibility index (Phi) is 2.75. The first-order chi connectivity index (χ1) is 8.72. The van der Waals surface area contributed by atoms with Crippen LogP contribution in [0.5, 0.6) is 0 Å². The molecule has 2 heterocycles. The van der Waals surface area contributed by atoms with E-state index in [2.05, 4.69) is 26.6 Å². The molecule has 0 unspecified atom stereocenters. The summed E-state index contributed by atoms with van der Waals surface area (Å²) in [7, 11) is 0. The van der Waals surface area contributed by atoms with E-state index in [1.165, 1.54) is 34.6 Å².